The molecule has 0 unspecified atom stereocenters. The number of nitrogens with zero attached hydrogens (tertiary/aromatic N) is 1. The van der Waals surface area contributed by atoms with E-state index in [1.807, 2.05) is 13.8 Å². The minimum atomic E-state index is -0.388. The summed E-state index contributed by atoms with van der Waals surface area (Å²) >= 11 is 0. The molecule has 2 aromatic carbocycles. The molecule has 0 aliphatic carbocycles. The van der Waals surface area contributed by atoms with Crippen LogP contribution in [0.1, 0.15) is 56.4 Å². The molecular weight excluding hydrogens is 410 g/mol. The van der Waals surface area contributed by atoms with Gasteiger partial charge in [0.15, 0.2) is 0 Å². The van der Waals surface area contributed by atoms with Gasteiger partial charge in [-0.15, -0.1) is 0 Å². The van der Waals surface area contributed by atoms with Crippen molar-refractivity contribution in [1.29, 1.82) is 0 Å². The number of hydrogen-bond acceptors (Lipinski definition) is 5. The van der Waals surface area contributed by atoms with Crippen molar-refractivity contribution in [2.75, 3.05) is 31.6 Å². The summed E-state index contributed by atoms with van der Waals surface area (Å²) in [5.41, 5.74) is 2.52. The zero-order valence-electron chi connectivity index (χ0n) is 18.3. The van der Waals surface area contributed by atoms with E-state index in [9.17, 15) is 19.2 Å². The summed E-state index contributed by atoms with van der Waals surface area (Å²) in [6.07, 6.45) is 0.672. The molecule has 2 aromatic rings. The van der Waals surface area contributed by atoms with Crippen molar-refractivity contribution in [1.82, 2.24) is 10.2 Å². The molecule has 3 rings (SSSR count). The third-order valence-corrected chi connectivity index (χ3v) is 5.05. The molecule has 1 heterocycles. The van der Waals surface area contributed by atoms with Crippen LogP contribution < -0.4 is 10.6 Å². The van der Waals surface area contributed by atoms with Crippen molar-refractivity contribution in [3.05, 3.63) is 64.7 Å². The first-order chi connectivity index (χ1) is 15.4. The van der Waals surface area contributed by atoms with Gasteiger partial charge < -0.3 is 15.4 Å². The fraction of sp³-hybridized carbons (Fsp3) is 0.333. The maximum absolute atomic E-state index is 12.5. The van der Waals surface area contributed by atoms with E-state index in [0.29, 0.717) is 48.6 Å². The highest BCUT2D eigenvalue weighted by Crippen LogP contribution is 2.24. The maximum Gasteiger partial charge on any atom is 0.261 e. The fourth-order valence-corrected chi connectivity index (χ4v) is 3.41. The highest BCUT2D eigenvalue weighted by atomic mass is 16.5. The second-order valence-corrected chi connectivity index (χ2v) is 7.50. The Labute approximate surface area is 186 Å². The second kappa shape index (κ2) is 10.7. The van der Waals surface area contributed by atoms with Crippen molar-refractivity contribution >= 4 is 29.3 Å². The highest BCUT2D eigenvalue weighted by Gasteiger charge is 2.35. The first-order valence-corrected chi connectivity index (χ1v) is 10.6. The van der Waals surface area contributed by atoms with E-state index in [1.54, 1.807) is 42.5 Å². The molecule has 0 saturated carbocycles. The minimum Gasteiger partial charge on any atom is -0.382 e. The molecule has 0 saturated heterocycles. The van der Waals surface area contributed by atoms with Crippen LogP contribution >= 0.6 is 0 Å². The van der Waals surface area contributed by atoms with Gasteiger partial charge >= 0.3 is 0 Å². The number of carbonyl (C=O) groups is 4. The van der Waals surface area contributed by atoms with Crippen molar-refractivity contribution in [2.45, 2.75) is 26.7 Å². The van der Waals surface area contributed by atoms with Crippen molar-refractivity contribution in [3.8, 4) is 0 Å². The lowest BCUT2D eigenvalue weighted by Gasteiger charge is -2.14. The number of aryl methyl sites for hydroxylation is 1. The Morgan fingerprint density at radius 1 is 1.03 bits per heavy atom. The maximum atomic E-state index is 12.5. The quantitative estimate of drug-likeness (QED) is 0.439. The van der Waals surface area contributed by atoms with E-state index in [1.165, 1.54) is 0 Å². The topological polar surface area (TPSA) is 105 Å². The average molecular weight is 437 g/mol. The molecule has 8 nitrogen and oxygen atoms in total. The number of hydrogen-bond donors (Lipinski definition) is 2. The Morgan fingerprint density at radius 3 is 2.59 bits per heavy atom. The number of rotatable bonds is 10. The number of nitrogens with one attached hydrogen (secondary N) is 2. The molecule has 0 spiro atoms. The SMILES string of the molecule is CCOCCCNC(=O)c1cccc(NC(=O)CCN2C(=O)c3ccc(C)cc3C2=O)c1. The first kappa shape index (κ1) is 23.1. The molecular formula is C24H27N3O5. The van der Waals surface area contributed by atoms with Crippen LogP contribution in [0.2, 0.25) is 0 Å². The minimum absolute atomic E-state index is 0.0166. The number of benzene rings is 2. The molecule has 0 atom stereocenters. The zero-order chi connectivity index (χ0) is 23.1. The van der Waals surface area contributed by atoms with Gasteiger partial charge in [-0.25, -0.2) is 0 Å². The number of fused-ring (bicyclic) bond motifs is 1. The standard InChI is InChI=1S/C24H27N3O5/c1-3-32-13-5-11-25-22(29)17-6-4-7-18(15-17)26-21(28)10-12-27-23(30)19-9-8-16(2)14-20(19)24(27)31/h4,6-9,14-15H,3,5,10-13H2,1-2H3,(H,25,29)(H,26,28). The molecule has 168 valence electrons. The van der Waals surface area contributed by atoms with Gasteiger partial charge in [-0.1, -0.05) is 17.7 Å². The number of anilines is 1. The zero-order valence-corrected chi connectivity index (χ0v) is 18.3. The summed E-state index contributed by atoms with van der Waals surface area (Å²) in [7, 11) is 0. The summed E-state index contributed by atoms with van der Waals surface area (Å²) in [6, 6.07) is 11.7. The van der Waals surface area contributed by atoms with E-state index in [2.05, 4.69) is 10.6 Å². The van der Waals surface area contributed by atoms with E-state index >= 15 is 0 Å². The van der Waals surface area contributed by atoms with Crippen molar-refractivity contribution in [2.24, 2.45) is 0 Å². The lowest BCUT2D eigenvalue weighted by atomic mass is 10.1. The summed E-state index contributed by atoms with van der Waals surface area (Å²) < 4.78 is 5.24. The lowest BCUT2D eigenvalue weighted by molar-refractivity contribution is -0.116. The van der Waals surface area contributed by atoms with Crippen LogP contribution in [0.3, 0.4) is 0 Å². The Balaban J connectivity index is 1.51. The number of imide groups is 1. The molecule has 4 amide bonds. The monoisotopic (exact) mass is 437 g/mol. The van der Waals surface area contributed by atoms with Gasteiger partial charge in [0, 0.05) is 44.0 Å². The molecule has 32 heavy (non-hydrogen) atoms. The second-order valence-electron chi connectivity index (χ2n) is 7.50. The third kappa shape index (κ3) is 5.59. The van der Waals surface area contributed by atoms with Crippen LogP contribution in [0.4, 0.5) is 5.69 Å². The van der Waals surface area contributed by atoms with Gasteiger partial charge in [-0.2, -0.15) is 0 Å². The number of ether oxygens (including phenoxy) is 1. The Bertz CT molecular complexity index is 1030. The molecule has 1 aliphatic rings. The van der Waals surface area contributed by atoms with E-state index in [0.717, 1.165) is 10.5 Å². The van der Waals surface area contributed by atoms with Gasteiger partial charge in [-0.05, 0) is 50.6 Å². The third-order valence-electron chi connectivity index (χ3n) is 5.05. The largest absolute Gasteiger partial charge is 0.382 e. The molecule has 8 heteroatoms. The van der Waals surface area contributed by atoms with Crippen LogP contribution in [0.25, 0.3) is 0 Å². The fourth-order valence-electron chi connectivity index (χ4n) is 3.41. The van der Waals surface area contributed by atoms with E-state index in [4.69, 9.17) is 4.74 Å². The highest BCUT2D eigenvalue weighted by molar-refractivity contribution is 6.21. The Hall–Kier alpha value is -3.52. The van der Waals surface area contributed by atoms with Gasteiger partial charge in [0.1, 0.15) is 0 Å². The molecule has 0 bridgehead atoms. The predicted octanol–water partition coefficient (Wildman–Crippen LogP) is 2.78. The Morgan fingerprint density at radius 2 is 1.81 bits per heavy atom. The van der Waals surface area contributed by atoms with Crippen LogP contribution in [0.5, 0.6) is 0 Å². The number of amides is 4. The first-order valence-electron chi connectivity index (χ1n) is 10.6. The van der Waals surface area contributed by atoms with Crippen LogP contribution in [0, 0.1) is 6.92 Å². The van der Waals surface area contributed by atoms with Gasteiger partial charge in [0.25, 0.3) is 17.7 Å². The smallest absolute Gasteiger partial charge is 0.261 e. The van der Waals surface area contributed by atoms with Gasteiger partial charge in [0.2, 0.25) is 5.91 Å². The summed E-state index contributed by atoms with van der Waals surface area (Å²) in [5.74, 6) is -1.36. The van der Waals surface area contributed by atoms with Crippen LogP contribution in [0.15, 0.2) is 42.5 Å². The van der Waals surface area contributed by atoms with Gasteiger partial charge in [0.05, 0.1) is 11.1 Å². The van der Waals surface area contributed by atoms with E-state index in [-0.39, 0.29) is 36.6 Å². The van der Waals surface area contributed by atoms with Crippen molar-refractivity contribution < 1.29 is 23.9 Å². The normalized spacial score (nSPS) is 12.6. The molecule has 0 fully saturated rings. The van der Waals surface area contributed by atoms with E-state index < -0.39 is 0 Å². The van der Waals surface area contributed by atoms with Gasteiger partial charge in [-0.3, -0.25) is 24.1 Å². The Kier molecular flexibility index (Phi) is 7.72. The van der Waals surface area contributed by atoms with Crippen LogP contribution in [-0.2, 0) is 9.53 Å². The predicted molar refractivity (Wildman–Crippen MR) is 120 cm³/mol. The summed E-state index contributed by atoms with van der Waals surface area (Å²) in [4.78, 5) is 50.7. The molecule has 0 radical (unpaired) electrons. The molecule has 0 aromatic heterocycles. The van der Waals surface area contributed by atoms with Crippen LogP contribution in [-0.4, -0.2) is 54.8 Å². The molecule has 1 aliphatic heterocycles. The average Bonchev–Trinajstić information content (AvgIpc) is 3.01. The lowest BCUT2D eigenvalue weighted by Crippen LogP contribution is -2.32. The number of carbonyl (C=O) groups excluding carboxylic acids is 4. The molecule has 2 N–H and O–H groups in total. The summed E-state index contributed by atoms with van der Waals surface area (Å²) in [6.45, 7) is 5.47. The van der Waals surface area contributed by atoms with Crippen molar-refractivity contribution in [3.63, 3.8) is 0 Å². The summed E-state index contributed by atoms with van der Waals surface area (Å²) in [5, 5.41) is 5.53.